The van der Waals surface area contributed by atoms with Gasteiger partial charge in [0.15, 0.2) is 11.4 Å². The van der Waals surface area contributed by atoms with Gasteiger partial charge in [-0.3, -0.25) is 0 Å². The molecule has 0 aliphatic carbocycles. The summed E-state index contributed by atoms with van der Waals surface area (Å²) < 4.78 is 22.9. The first-order valence-electron chi connectivity index (χ1n) is 4.83. The largest absolute Gasteiger partial charge is 0.422 e. The summed E-state index contributed by atoms with van der Waals surface area (Å²) in [5.41, 5.74) is 2.62. The number of fused-ring (bicyclic) bond motifs is 1. The Labute approximate surface area is 94.0 Å². The van der Waals surface area contributed by atoms with Gasteiger partial charge in [-0.1, -0.05) is 0 Å². The van der Waals surface area contributed by atoms with Gasteiger partial charge < -0.3 is 13.4 Å². The Morgan fingerprint density at radius 1 is 1.44 bits per heavy atom. The average Bonchev–Trinajstić information content (AvgIpc) is 2.57. The van der Waals surface area contributed by atoms with Gasteiger partial charge in [0.25, 0.3) is 0 Å². The van der Waals surface area contributed by atoms with Crippen LogP contribution in [-0.4, -0.2) is 16.5 Å². The molecule has 0 aromatic carbocycles. The summed E-state index contributed by atoms with van der Waals surface area (Å²) in [7, 11) is -1.13. The number of hydrogen-bond acceptors (Lipinski definition) is 4. The molecule has 2 rings (SSSR count). The molecule has 16 heavy (non-hydrogen) atoms. The van der Waals surface area contributed by atoms with Gasteiger partial charge in [0.1, 0.15) is 0 Å². The molecule has 0 saturated carbocycles. The van der Waals surface area contributed by atoms with Gasteiger partial charge in [0.2, 0.25) is 0 Å². The molecule has 2 heterocycles. The first-order valence-corrected chi connectivity index (χ1v) is 6.06. The van der Waals surface area contributed by atoms with Crippen molar-refractivity contribution >= 4 is 13.9 Å². The quantitative estimate of drug-likeness (QED) is 0.773. The third-order valence-corrected chi connectivity index (χ3v) is 3.17. The van der Waals surface area contributed by atoms with Crippen LogP contribution in [0.25, 0.3) is 5.65 Å². The second kappa shape index (κ2) is 4.28. The molecule has 6 heteroatoms. The first kappa shape index (κ1) is 11.2. The zero-order valence-electron chi connectivity index (χ0n) is 9.35. The smallest absolute Gasteiger partial charge is 0.367 e. The van der Waals surface area contributed by atoms with Gasteiger partial charge in [0, 0.05) is 19.0 Å². The Bertz CT molecular complexity index is 550. The Morgan fingerprint density at radius 3 is 2.88 bits per heavy atom. The van der Waals surface area contributed by atoms with E-state index in [0.717, 1.165) is 11.4 Å². The molecule has 0 aliphatic rings. The highest BCUT2D eigenvalue weighted by molar-refractivity contribution is 7.33. The van der Waals surface area contributed by atoms with Gasteiger partial charge in [-0.15, -0.1) is 0 Å². The van der Waals surface area contributed by atoms with Crippen LogP contribution in [-0.2, 0) is 9.09 Å². The van der Waals surface area contributed by atoms with Crippen LogP contribution in [0.15, 0.2) is 18.3 Å². The maximum absolute atomic E-state index is 11.2. The highest BCUT2D eigenvalue weighted by atomic mass is 31.1. The monoisotopic (exact) mass is 240 g/mol. The minimum atomic E-state index is -2.48. The zero-order valence-corrected chi connectivity index (χ0v) is 10.4. The minimum Gasteiger partial charge on any atom is -0.422 e. The summed E-state index contributed by atoms with van der Waals surface area (Å²) in [6.07, 6.45) is 1.89. The van der Waals surface area contributed by atoms with E-state index < -0.39 is 8.25 Å². The van der Waals surface area contributed by atoms with Crippen molar-refractivity contribution in [2.75, 3.05) is 7.11 Å². The maximum Gasteiger partial charge on any atom is 0.367 e. The van der Waals surface area contributed by atoms with E-state index in [1.54, 1.807) is 6.07 Å². The Morgan fingerprint density at radius 2 is 2.19 bits per heavy atom. The summed E-state index contributed by atoms with van der Waals surface area (Å²) >= 11 is 0. The fraction of sp³-hybridized carbons (Fsp3) is 0.300. The zero-order chi connectivity index (χ0) is 11.7. The van der Waals surface area contributed by atoms with Crippen molar-refractivity contribution in [2.24, 2.45) is 0 Å². The summed E-state index contributed by atoms with van der Waals surface area (Å²) in [6.45, 7) is 3.89. The van der Waals surface area contributed by atoms with Crippen LogP contribution in [0, 0.1) is 13.8 Å². The molecule has 0 saturated heterocycles. The van der Waals surface area contributed by atoms with Gasteiger partial charge >= 0.3 is 8.25 Å². The molecule has 0 amide bonds. The minimum absolute atomic E-state index is 0.476. The summed E-state index contributed by atoms with van der Waals surface area (Å²) in [6, 6.07) is 3.55. The highest BCUT2D eigenvalue weighted by Gasteiger charge is 2.10. The van der Waals surface area contributed by atoms with E-state index in [-0.39, 0.29) is 0 Å². The average molecular weight is 240 g/mol. The van der Waals surface area contributed by atoms with Crippen molar-refractivity contribution in [3.63, 3.8) is 0 Å². The van der Waals surface area contributed by atoms with Crippen molar-refractivity contribution in [3.05, 3.63) is 29.7 Å². The molecule has 86 valence electrons. The molecule has 2 aromatic heterocycles. The standard InChI is InChI=1S/C10H13N2O3P/c1-7-8(2)12-6-4-5-9(10(12)11-7)15-16(13)14-3/h4-6,16H,1-3H3. The molecule has 0 aliphatic heterocycles. The van der Waals surface area contributed by atoms with E-state index in [9.17, 15) is 4.57 Å². The molecular formula is C10H13N2O3P. The summed E-state index contributed by atoms with van der Waals surface area (Å²) in [5.74, 6) is 0.476. The van der Waals surface area contributed by atoms with Crippen molar-refractivity contribution < 1.29 is 13.6 Å². The molecule has 0 fully saturated rings. The lowest BCUT2D eigenvalue weighted by Crippen LogP contribution is -1.90. The highest BCUT2D eigenvalue weighted by Crippen LogP contribution is 2.30. The Balaban J connectivity index is 2.54. The van der Waals surface area contributed by atoms with E-state index in [1.807, 2.05) is 30.5 Å². The van der Waals surface area contributed by atoms with Crippen LogP contribution in [0.3, 0.4) is 0 Å². The molecular weight excluding hydrogens is 227 g/mol. The maximum atomic E-state index is 11.2. The molecule has 0 spiro atoms. The Hall–Kier alpha value is -1.32. The second-order valence-electron chi connectivity index (χ2n) is 3.40. The molecule has 0 N–H and O–H groups in total. The van der Waals surface area contributed by atoms with E-state index in [2.05, 4.69) is 9.51 Å². The fourth-order valence-electron chi connectivity index (χ4n) is 1.49. The normalized spacial score (nSPS) is 12.9. The number of rotatable bonds is 3. The molecule has 1 unspecified atom stereocenters. The van der Waals surface area contributed by atoms with Gasteiger partial charge in [-0.2, -0.15) is 0 Å². The van der Waals surface area contributed by atoms with E-state index in [4.69, 9.17) is 4.52 Å². The van der Waals surface area contributed by atoms with Gasteiger partial charge in [0.05, 0.1) is 5.69 Å². The molecule has 0 radical (unpaired) electrons. The topological polar surface area (TPSA) is 52.8 Å². The van der Waals surface area contributed by atoms with Crippen molar-refractivity contribution in [1.29, 1.82) is 0 Å². The lowest BCUT2D eigenvalue weighted by atomic mass is 10.4. The van der Waals surface area contributed by atoms with Crippen LogP contribution >= 0.6 is 8.25 Å². The first-order chi connectivity index (χ1) is 7.63. The molecule has 5 nitrogen and oxygen atoms in total. The number of pyridine rings is 1. The summed E-state index contributed by atoms with van der Waals surface area (Å²) in [4.78, 5) is 4.36. The van der Waals surface area contributed by atoms with E-state index in [0.29, 0.717) is 11.4 Å². The van der Waals surface area contributed by atoms with Crippen molar-refractivity contribution in [3.8, 4) is 5.75 Å². The molecule has 2 aromatic rings. The summed E-state index contributed by atoms with van der Waals surface area (Å²) in [5, 5.41) is 0. The number of hydrogen-bond donors (Lipinski definition) is 0. The number of nitrogens with zero attached hydrogens (tertiary/aromatic N) is 2. The van der Waals surface area contributed by atoms with Crippen LogP contribution < -0.4 is 4.52 Å². The van der Waals surface area contributed by atoms with Gasteiger partial charge in [-0.25, -0.2) is 9.55 Å². The SMILES string of the molecule is CO[PH](=O)Oc1cccn2c(C)c(C)nc12. The van der Waals surface area contributed by atoms with Gasteiger partial charge in [-0.05, 0) is 26.0 Å². The predicted octanol–water partition coefficient (Wildman–Crippen LogP) is 2.37. The van der Waals surface area contributed by atoms with Crippen LogP contribution in [0.2, 0.25) is 0 Å². The van der Waals surface area contributed by atoms with E-state index in [1.165, 1.54) is 7.11 Å². The molecule has 1 atom stereocenters. The third kappa shape index (κ3) is 1.84. The second-order valence-corrected chi connectivity index (χ2v) is 4.52. The fourth-order valence-corrected chi connectivity index (χ4v) is 1.91. The van der Waals surface area contributed by atoms with E-state index >= 15 is 0 Å². The number of aromatic nitrogens is 2. The van der Waals surface area contributed by atoms with Crippen LogP contribution in [0.1, 0.15) is 11.4 Å². The lowest BCUT2D eigenvalue weighted by molar-refractivity contribution is 0.349. The number of imidazole rings is 1. The third-order valence-electron chi connectivity index (χ3n) is 2.45. The van der Waals surface area contributed by atoms with Crippen molar-refractivity contribution in [1.82, 2.24) is 9.38 Å². The molecule has 0 bridgehead atoms. The predicted molar refractivity (Wildman–Crippen MR) is 61.3 cm³/mol. The van der Waals surface area contributed by atoms with Crippen LogP contribution in [0.4, 0.5) is 0 Å². The lowest BCUT2D eigenvalue weighted by Gasteiger charge is -2.05. The van der Waals surface area contributed by atoms with Crippen molar-refractivity contribution in [2.45, 2.75) is 13.8 Å². The van der Waals surface area contributed by atoms with Crippen LogP contribution in [0.5, 0.6) is 5.75 Å². The number of aryl methyl sites for hydroxylation is 2. The Kier molecular flexibility index (Phi) is 2.99.